The molecule has 0 aliphatic carbocycles. The quantitative estimate of drug-likeness (QED) is 0.829. The molecule has 0 N–H and O–H groups in total. The van der Waals surface area contributed by atoms with E-state index in [0.29, 0.717) is 18.1 Å². The minimum absolute atomic E-state index is 0.0329. The van der Waals surface area contributed by atoms with E-state index < -0.39 is 0 Å². The summed E-state index contributed by atoms with van der Waals surface area (Å²) in [4.78, 5) is 14.5. The standard InChI is InChI=1S/C17H25N3O3/c1-12(2)10-22-11-14-3-4-15-16(23-14)6-8-20(15)17(21)13-5-7-18-19-9-13/h5,7,9,12,14-16H,3-4,6,8,10-11H2,1-2H3/t14-,15-,16-/m0/s1. The van der Waals surface area contributed by atoms with Gasteiger partial charge in [0.1, 0.15) is 0 Å². The average molecular weight is 319 g/mol. The van der Waals surface area contributed by atoms with E-state index in [0.717, 1.165) is 32.4 Å². The van der Waals surface area contributed by atoms with E-state index in [-0.39, 0.29) is 24.2 Å². The van der Waals surface area contributed by atoms with Crippen molar-refractivity contribution in [1.29, 1.82) is 0 Å². The smallest absolute Gasteiger partial charge is 0.255 e. The third-order valence-electron chi connectivity index (χ3n) is 4.48. The highest BCUT2D eigenvalue weighted by atomic mass is 16.5. The van der Waals surface area contributed by atoms with Crippen molar-refractivity contribution >= 4 is 5.91 Å². The summed E-state index contributed by atoms with van der Waals surface area (Å²) in [5.41, 5.74) is 0.600. The first-order valence-corrected chi connectivity index (χ1v) is 8.46. The molecule has 1 aromatic rings. The van der Waals surface area contributed by atoms with E-state index in [9.17, 15) is 4.79 Å². The first-order valence-electron chi connectivity index (χ1n) is 8.46. The molecule has 0 aromatic carbocycles. The van der Waals surface area contributed by atoms with Crippen molar-refractivity contribution in [2.75, 3.05) is 19.8 Å². The summed E-state index contributed by atoms with van der Waals surface area (Å²) in [5, 5.41) is 7.52. The molecule has 23 heavy (non-hydrogen) atoms. The zero-order valence-electron chi connectivity index (χ0n) is 13.9. The Morgan fingerprint density at radius 2 is 2.26 bits per heavy atom. The van der Waals surface area contributed by atoms with Gasteiger partial charge in [0.05, 0.1) is 42.8 Å². The Morgan fingerprint density at radius 3 is 3.00 bits per heavy atom. The lowest BCUT2D eigenvalue weighted by atomic mass is 9.99. The van der Waals surface area contributed by atoms with Crippen LogP contribution in [0, 0.1) is 5.92 Å². The van der Waals surface area contributed by atoms with E-state index in [2.05, 4.69) is 24.0 Å². The fraction of sp³-hybridized carbons (Fsp3) is 0.706. The van der Waals surface area contributed by atoms with Crippen LogP contribution in [0.3, 0.4) is 0 Å². The number of hydrogen-bond acceptors (Lipinski definition) is 5. The number of carbonyl (C=O) groups excluding carboxylic acids is 1. The highest BCUT2D eigenvalue weighted by molar-refractivity contribution is 5.94. The summed E-state index contributed by atoms with van der Waals surface area (Å²) >= 11 is 0. The van der Waals surface area contributed by atoms with Gasteiger partial charge in [0.15, 0.2) is 0 Å². The molecular weight excluding hydrogens is 294 g/mol. The Kier molecular flexibility index (Phi) is 5.23. The van der Waals surface area contributed by atoms with Crippen LogP contribution >= 0.6 is 0 Å². The van der Waals surface area contributed by atoms with Crippen molar-refractivity contribution in [1.82, 2.24) is 15.1 Å². The molecular formula is C17H25N3O3. The van der Waals surface area contributed by atoms with Crippen LogP contribution in [0.2, 0.25) is 0 Å². The number of aromatic nitrogens is 2. The molecule has 0 radical (unpaired) electrons. The van der Waals surface area contributed by atoms with Crippen molar-refractivity contribution in [3.63, 3.8) is 0 Å². The topological polar surface area (TPSA) is 64.5 Å². The lowest BCUT2D eigenvalue weighted by Crippen LogP contribution is -2.46. The van der Waals surface area contributed by atoms with Gasteiger partial charge in [-0.05, 0) is 31.2 Å². The van der Waals surface area contributed by atoms with Crippen LogP contribution in [-0.4, -0.2) is 59.0 Å². The fourth-order valence-electron chi connectivity index (χ4n) is 3.39. The van der Waals surface area contributed by atoms with Gasteiger partial charge < -0.3 is 14.4 Å². The highest BCUT2D eigenvalue weighted by Gasteiger charge is 2.42. The zero-order chi connectivity index (χ0) is 16.2. The van der Waals surface area contributed by atoms with Gasteiger partial charge in [-0.2, -0.15) is 10.2 Å². The summed E-state index contributed by atoms with van der Waals surface area (Å²) in [7, 11) is 0. The van der Waals surface area contributed by atoms with E-state index in [1.165, 1.54) is 6.20 Å². The molecule has 6 nitrogen and oxygen atoms in total. The van der Waals surface area contributed by atoms with Gasteiger partial charge in [-0.3, -0.25) is 4.79 Å². The van der Waals surface area contributed by atoms with E-state index in [1.54, 1.807) is 12.3 Å². The molecule has 0 saturated carbocycles. The maximum Gasteiger partial charge on any atom is 0.255 e. The molecule has 3 rings (SSSR count). The van der Waals surface area contributed by atoms with Crippen LogP contribution in [0.4, 0.5) is 0 Å². The number of ether oxygens (including phenoxy) is 2. The molecule has 3 heterocycles. The maximum absolute atomic E-state index is 12.6. The number of amides is 1. The molecule has 1 amide bonds. The SMILES string of the molecule is CC(C)COC[C@@H]1CC[C@H]2[C@H](CCN2C(=O)c2ccnnc2)O1. The Labute approximate surface area is 137 Å². The van der Waals surface area contributed by atoms with Crippen molar-refractivity contribution in [3.8, 4) is 0 Å². The molecule has 2 aliphatic rings. The number of nitrogens with zero attached hydrogens (tertiary/aromatic N) is 3. The van der Waals surface area contributed by atoms with E-state index in [4.69, 9.17) is 9.47 Å². The fourth-order valence-corrected chi connectivity index (χ4v) is 3.39. The Bertz CT molecular complexity index is 523. The van der Waals surface area contributed by atoms with Gasteiger partial charge in [0.2, 0.25) is 0 Å². The predicted octanol–water partition coefficient (Wildman–Crippen LogP) is 1.91. The Morgan fingerprint density at radius 1 is 1.39 bits per heavy atom. The second kappa shape index (κ2) is 7.36. The number of carbonyl (C=O) groups is 1. The van der Waals surface area contributed by atoms with E-state index >= 15 is 0 Å². The molecule has 0 bridgehead atoms. The Hall–Kier alpha value is -1.53. The molecule has 2 saturated heterocycles. The van der Waals surface area contributed by atoms with Crippen LogP contribution in [0.25, 0.3) is 0 Å². The number of rotatable bonds is 5. The molecule has 0 unspecified atom stereocenters. The summed E-state index contributed by atoms with van der Waals surface area (Å²) in [6.07, 6.45) is 6.20. The van der Waals surface area contributed by atoms with Crippen molar-refractivity contribution in [3.05, 3.63) is 24.0 Å². The zero-order valence-corrected chi connectivity index (χ0v) is 13.9. The second-order valence-corrected chi connectivity index (χ2v) is 6.79. The number of hydrogen-bond donors (Lipinski definition) is 0. The summed E-state index contributed by atoms with van der Waals surface area (Å²) in [6, 6.07) is 1.89. The molecule has 126 valence electrons. The van der Waals surface area contributed by atoms with Gasteiger partial charge in [-0.15, -0.1) is 0 Å². The van der Waals surface area contributed by atoms with Crippen LogP contribution in [-0.2, 0) is 9.47 Å². The van der Waals surface area contributed by atoms with Gasteiger partial charge in [-0.1, -0.05) is 13.8 Å². The average Bonchev–Trinajstić information content (AvgIpc) is 2.98. The highest BCUT2D eigenvalue weighted by Crippen LogP contribution is 2.32. The molecule has 2 fully saturated rings. The van der Waals surface area contributed by atoms with Crippen LogP contribution < -0.4 is 0 Å². The third kappa shape index (κ3) is 3.87. The summed E-state index contributed by atoms with van der Waals surface area (Å²) < 4.78 is 11.9. The molecule has 0 spiro atoms. The van der Waals surface area contributed by atoms with Gasteiger partial charge in [0, 0.05) is 13.2 Å². The largest absolute Gasteiger partial charge is 0.378 e. The summed E-state index contributed by atoms with van der Waals surface area (Å²) in [5.74, 6) is 0.574. The van der Waals surface area contributed by atoms with Gasteiger partial charge in [-0.25, -0.2) is 0 Å². The summed E-state index contributed by atoms with van der Waals surface area (Å²) in [6.45, 7) is 6.46. The molecule has 2 aliphatic heterocycles. The first-order chi connectivity index (χ1) is 11.1. The minimum atomic E-state index is 0.0329. The molecule has 3 atom stereocenters. The monoisotopic (exact) mass is 319 g/mol. The molecule has 6 heteroatoms. The molecule has 1 aromatic heterocycles. The Balaban J connectivity index is 1.54. The minimum Gasteiger partial charge on any atom is -0.378 e. The van der Waals surface area contributed by atoms with Gasteiger partial charge in [0.25, 0.3) is 5.91 Å². The van der Waals surface area contributed by atoms with Gasteiger partial charge >= 0.3 is 0 Å². The van der Waals surface area contributed by atoms with Crippen molar-refractivity contribution in [2.45, 2.75) is 51.4 Å². The van der Waals surface area contributed by atoms with Crippen molar-refractivity contribution in [2.24, 2.45) is 5.92 Å². The normalized spacial score (nSPS) is 27.3. The predicted molar refractivity (Wildman–Crippen MR) is 85.0 cm³/mol. The number of likely N-dealkylation sites (tertiary alicyclic amines) is 1. The van der Waals surface area contributed by atoms with Crippen molar-refractivity contribution < 1.29 is 14.3 Å². The van der Waals surface area contributed by atoms with Crippen LogP contribution in [0.5, 0.6) is 0 Å². The van der Waals surface area contributed by atoms with Crippen LogP contribution in [0.1, 0.15) is 43.5 Å². The second-order valence-electron chi connectivity index (χ2n) is 6.79. The first kappa shape index (κ1) is 16.3. The number of fused-ring (bicyclic) bond motifs is 1. The third-order valence-corrected chi connectivity index (χ3v) is 4.48. The van der Waals surface area contributed by atoms with E-state index in [1.807, 2.05) is 4.90 Å². The van der Waals surface area contributed by atoms with Crippen LogP contribution in [0.15, 0.2) is 18.5 Å². The maximum atomic E-state index is 12.6. The lowest BCUT2D eigenvalue weighted by Gasteiger charge is -2.36. The lowest BCUT2D eigenvalue weighted by molar-refractivity contribution is -0.0985.